The number of fused-ring (bicyclic) bond motifs is 1. The van der Waals surface area contributed by atoms with E-state index in [0.717, 1.165) is 12.1 Å². The van der Waals surface area contributed by atoms with Gasteiger partial charge in [-0.15, -0.1) is 0 Å². The van der Waals surface area contributed by atoms with E-state index in [-0.39, 0.29) is 22.7 Å². The highest BCUT2D eigenvalue weighted by molar-refractivity contribution is 6.29. The molecule has 10 heteroatoms. The molecule has 1 aromatic heterocycles. The Bertz CT molecular complexity index is 1310. The van der Waals surface area contributed by atoms with Gasteiger partial charge in [0.2, 0.25) is 11.8 Å². The molecule has 1 amide bonds. The Balaban J connectivity index is 1.60. The average Bonchev–Trinajstić information content (AvgIpc) is 2.72. The van der Waals surface area contributed by atoms with Crippen LogP contribution in [0.4, 0.5) is 24.8 Å². The van der Waals surface area contributed by atoms with Crippen LogP contribution in [0.5, 0.6) is 11.6 Å². The molecule has 32 heavy (non-hydrogen) atoms. The fourth-order valence-corrected chi connectivity index (χ4v) is 3.26. The number of amides is 1. The predicted molar refractivity (Wildman–Crippen MR) is 115 cm³/mol. The van der Waals surface area contributed by atoms with Crippen molar-refractivity contribution >= 4 is 39.9 Å². The summed E-state index contributed by atoms with van der Waals surface area (Å²) < 4.78 is 44.5. The maximum absolute atomic E-state index is 12.9. The summed E-state index contributed by atoms with van der Waals surface area (Å²) in [7, 11) is 0. The monoisotopic (exact) mass is 458 g/mol. The van der Waals surface area contributed by atoms with Gasteiger partial charge in [0.05, 0.1) is 5.56 Å². The van der Waals surface area contributed by atoms with Crippen molar-refractivity contribution in [1.82, 2.24) is 9.97 Å². The summed E-state index contributed by atoms with van der Waals surface area (Å²) in [5.74, 6) is -0.0109. The summed E-state index contributed by atoms with van der Waals surface area (Å²) >= 11 is 5.85. The van der Waals surface area contributed by atoms with Crippen molar-refractivity contribution in [1.29, 1.82) is 0 Å². The number of nitrogens with two attached hydrogens (primary N) is 1. The molecule has 0 radical (unpaired) electrons. The minimum Gasteiger partial charge on any atom is -0.439 e. The zero-order valence-corrected chi connectivity index (χ0v) is 16.9. The minimum absolute atomic E-state index is 0.0400. The highest BCUT2D eigenvalue weighted by atomic mass is 35.5. The van der Waals surface area contributed by atoms with Gasteiger partial charge in [0, 0.05) is 17.3 Å². The number of nitrogens with zero attached hydrogens (tertiary/aromatic N) is 2. The smallest absolute Gasteiger partial charge is 0.416 e. The normalized spacial score (nSPS) is 11.4. The number of carbonyl (C=O) groups is 1. The number of hydrogen-bond acceptors (Lipinski definition) is 5. The fraction of sp³-hybridized carbons (Fsp3) is 0.0455. The number of nitrogens with one attached hydrogen (secondary N) is 1. The molecule has 4 rings (SSSR count). The van der Waals surface area contributed by atoms with Crippen molar-refractivity contribution in [2.24, 2.45) is 0 Å². The van der Waals surface area contributed by atoms with Gasteiger partial charge in [-0.3, -0.25) is 4.79 Å². The first-order chi connectivity index (χ1) is 15.2. The van der Waals surface area contributed by atoms with E-state index in [0.29, 0.717) is 22.1 Å². The van der Waals surface area contributed by atoms with Crippen molar-refractivity contribution < 1.29 is 22.7 Å². The number of halogens is 4. The molecule has 0 spiro atoms. The molecule has 0 fully saturated rings. The van der Waals surface area contributed by atoms with Crippen molar-refractivity contribution in [2.75, 3.05) is 11.1 Å². The van der Waals surface area contributed by atoms with E-state index in [1.807, 2.05) is 0 Å². The van der Waals surface area contributed by atoms with Crippen molar-refractivity contribution in [3.63, 3.8) is 0 Å². The molecule has 0 unspecified atom stereocenters. The van der Waals surface area contributed by atoms with E-state index >= 15 is 0 Å². The fourth-order valence-electron chi connectivity index (χ4n) is 3.08. The zero-order valence-electron chi connectivity index (χ0n) is 16.2. The molecular formula is C22H14ClF3N4O2. The maximum atomic E-state index is 12.9. The molecule has 0 saturated heterocycles. The van der Waals surface area contributed by atoms with Gasteiger partial charge in [-0.1, -0.05) is 29.8 Å². The van der Waals surface area contributed by atoms with Crippen LogP contribution in [0.1, 0.15) is 15.9 Å². The van der Waals surface area contributed by atoms with E-state index in [2.05, 4.69) is 15.3 Å². The third-order valence-corrected chi connectivity index (χ3v) is 4.65. The first-order valence-corrected chi connectivity index (χ1v) is 9.56. The molecule has 4 aromatic rings. The van der Waals surface area contributed by atoms with Gasteiger partial charge in [-0.2, -0.15) is 18.2 Å². The Hall–Kier alpha value is -3.85. The summed E-state index contributed by atoms with van der Waals surface area (Å²) in [6.07, 6.45) is -4.50. The molecule has 0 aliphatic carbocycles. The Morgan fingerprint density at radius 3 is 2.53 bits per heavy atom. The van der Waals surface area contributed by atoms with Gasteiger partial charge >= 0.3 is 6.18 Å². The number of rotatable bonds is 4. The predicted octanol–water partition coefficient (Wildman–Crippen LogP) is 5.93. The number of aromatic nitrogens is 2. The van der Waals surface area contributed by atoms with Crippen LogP contribution in [-0.2, 0) is 6.18 Å². The van der Waals surface area contributed by atoms with Crippen molar-refractivity contribution in [3.05, 3.63) is 83.0 Å². The van der Waals surface area contributed by atoms with Crippen LogP contribution >= 0.6 is 11.6 Å². The molecule has 1 heterocycles. The largest absolute Gasteiger partial charge is 0.439 e. The summed E-state index contributed by atoms with van der Waals surface area (Å²) in [4.78, 5) is 20.5. The van der Waals surface area contributed by atoms with E-state index in [4.69, 9.17) is 22.1 Å². The first kappa shape index (κ1) is 21.4. The molecule has 162 valence electrons. The molecule has 6 nitrogen and oxygen atoms in total. The minimum atomic E-state index is -4.50. The lowest BCUT2D eigenvalue weighted by Crippen LogP contribution is -2.13. The summed E-state index contributed by atoms with van der Waals surface area (Å²) in [5.41, 5.74) is 5.05. The number of carbonyl (C=O) groups excluding carboxylic acids is 1. The van der Waals surface area contributed by atoms with Crippen LogP contribution in [0.3, 0.4) is 0 Å². The molecular weight excluding hydrogens is 445 g/mol. The SMILES string of the molecule is Nc1nc(Cl)cc(Oc2ccc3c(C(=O)Nc4cccc(C(F)(F)F)c4)cccc3c2)n1. The third-order valence-electron chi connectivity index (χ3n) is 4.46. The van der Waals surface area contributed by atoms with Crippen LogP contribution in [0.2, 0.25) is 5.15 Å². The summed E-state index contributed by atoms with van der Waals surface area (Å²) in [6.45, 7) is 0. The Kier molecular flexibility index (Phi) is 5.58. The van der Waals surface area contributed by atoms with Crippen LogP contribution in [0, 0.1) is 0 Å². The topological polar surface area (TPSA) is 90.1 Å². The van der Waals surface area contributed by atoms with Crippen LogP contribution in [0.15, 0.2) is 66.7 Å². The van der Waals surface area contributed by atoms with Gasteiger partial charge in [-0.05, 0) is 53.2 Å². The average molecular weight is 459 g/mol. The molecule has 3 aromatic carbocycles. The quantitative estimate of drug-likeness (QED) is 0.370. The lowest BCUT2D eigenvalue weighted by Gasteiger charge is -2.12. The van der Waals surface area contributed by atoms with E-state index in [9.17, 15) is 18.0 Å². The Labute approximate surface area is 184 Å². The van der Waals surface area contributed by atoms with E-state index in [1.54, 1.807) is 36.4 Å². The molecule has 0 atom stereocenters. The standard InChI is InChI=1S/C22H14ClF3N4O2/c23-18-11-19(30-21(27)29-18)32-15-7-8-16-12(9-15)3-1-6-17(16)20(31)28-14-5-2-4-13(10-14)22(24,25)26/h1-11H,(H,28,31)(H2,27,29,30). The molecule has 0 bridgehead atoms. The second kappa shape index (κ2) is 8.35. The van der Waals surface area contributed by atoms with Gasteiger partial charge < -0.3 is 15.8 Å². The summed E-state index contributed by atoms with van der Waals surface area (Å²) in [6, 6.07) is 15.8. The van der Waals surface area contributed by atoms with Gasteiger partial charge in [0.15, 0.2) is 0 Å². The Morgan fingerprint density at radius 1 is 1.00 bits per heavy atom. The maximum Gasteiger partial charge on any atom is 0.416 e. The lowest BCUT2D eigenvalue weighted by molar-refractivity contribution is -0.137. The van der Waals surface area contributed by atoms with Gasteiger partial charge in [-0.25, -0.2) is 4.98 Å². The number of nitrogen functional groups attached to an aromatic ring is 1. The van der Waals surface area contributed by atoms with E-state index < -0.39 is 17.6 Å². The highest BCUT2D eigenvalue weighted by Crippen LogP contribution is 2.31. The molecule has 0 aliphatic heterocycles. The second-order valence-electron chi connectivity index (χ2n) is 6.71. The number of ether oxygens (including phenoxy) is 1. The number of alkyl halides is 3. The molecule has 3 N–H and O–H groups in total. The van der Waals surface area contributed by atoms with Crippen LogP contribution in [0.25, 0.3) is 10.8 Å². The lowest BCUT2D eigenvalue weighted by atomic mass is 10.0. The zero-order chi connectivity index (χ0) is 22.9. The second-order valence-corrected chi connectivity index (χ2v) is 7.10. The molecule has 0 aliphatic rings. The number of hydrogen-bond donors (Lipinski definition) is 2. The van der Waals surface area contributed by atoms with Crippen molar-refractivity contribution in [3.8, 4) is 11.6 Å². The van der Waals surface area contributed by atoms with Crippen LogP contribution < -0.4 is 15.8 Å². The Morgan fingerprint density at radius 2 is 1.78 bits per heavy atom. The van der Waals surface area contributed by atoms with Gasteiger partial charge in [0.1, 0.15) is 10.9 Å². The van der Waals surface area contributed by atoms with E-state index in [1.165, 1.54) is 18.2 Å². The third kappa shape index (κ3) is 4.73. The molecule has 0 saturated carbocycles. The highest BCUT2D eigenvalue weighted by Gasteiger charge is 2.30. The summed E-state index contributed by atoms with van der Waals surface area (Å²) in [5, 5.41) is 3.90. The number of anilines is 2. The number of benzene rings is 3. The first-order valence-electron chi connectivity index (χ1n) is 9.18. The van der Waals surface area contributed by atoms with Crippen molar-refractivity contribution in [2.45, 2.75) is 6.18 Å². The van der Waals surface area contributed by atoms with Crippen LogP contribution in [-0.4, -0.2) is 15.9 Å². The van der Waals surface area contributed by atoms with Gasteiger partial charge in [0.25, 0.3) is 5.91 Å².